The van der Waals surface area contributed by atoms with Crippen molar-refractivity contribution in [2.24, 2.45) is 0 Å². The lowest BCUT2D eigenvalue weighted by Gasteiger charge is -2.21. The Morgan fingerprint density at radius 2 is 2.06 bits per heavy atom. The van der Waals surface area contributed by atoms with Crippen molar-refractivity contribution in [3.8, 4) is 5.75 Å². The van der Waals surface area contributed by atoms with E-state index in [1.165, 1.54) is 0 Å². The Balaban J connectivity index is 2.56. The van der Waals surface area contributed by atoms with Crippen LogP contribution in [0.5, 0.6) is 5.75 Å². The standard InChI is InChI=1S/C14H25N3O/c1-14(2,3)16-10-12-6-7-15-11-13(12)18-9-8-17(4)5/h6-7,11,16H,8-10H2,1-5H3. The van der Waals surface area contributed by atoms with Gasteiger partial charge in [-0.15, -0.1) is 0 Å². The molecule has 4 nitrogen and oxygen atoms in total. The highest BCUT2D eigenvalue weighted by molar-refractivity contribution is 5.29. The third kappa shape index (κ3) is 5.98. The van der Waals surface area contributed by atoms with E-state index < -0.39 is 0 Å². The summed E-state index contributed by atoms with van der Waals surface area (Å²) in [7, 11) is 4.07. The molecule has 0 aliphatic rings. The van der Waals surface area contributed by atoms with E-state index in [0.29, 0.717) is 6.61 Å². The van der Waals surface area contributed by atoms with Gasteiger partial charge < -0.3 is 15.0 Å². The first-order valence-electron chi connectivity index (χ1n) is 6.34. The summed E-state index contributed by atoms with van der Waals surface area (Å²) < 4.78 is 5.77. The Kier molecular flexibility index (Phi) is 5.56. The van der Waals surface area contributed by atoms with E-state index in [0.717, 1.165) is 24.4 Å². The summed E-state index contributed by atoms with van der Waals surface area (Å²) >= 11 is 0. The first-order valence-corrected chi connectivity index (χ1v) is 6.34. The van der Waals surface area contributed by atoms with Crippen molar-refractivity contribution in [2.75, 3.05) is 27.2 Å². The molecule has 0 aliphatic heterocycles. The minimum atomic E-state index is 0.101. The quantitative estimate of drug-likeness (QED) is 0.838. The smallest absolute Gasteiger partial charge is 0.142 e. The maximum atomic E-state index is 5.77. The van der Waals surface area contributed by atoms with Gasteiger partial charge >= 0.3 is 0 Å². The largest absolute Gasteiger partial charge is 0.490 e. The third-order valence-electron chi connectivity index (χ3n) is 2.48. The van der Waals surface area contributed by atoms with Crippen LogP contribution in [0.15, 0.2) is 18.5 Å². The molecule has 1 aromatic heterocycles. The SMILES string of the molecule is CN(C)CCOc1cnccc1CNC(C)(C)C. The van der Waals surface area contributed by atoms with Crippen LogP contribution in [0.1, 0.15) is 26.3 Å². The summed E-state index contributed by atoms with van der Waals surface area (Å²) in [6.45, 7) is 8.84. The lowest BCUT2D eigenvalue weighted by Crippen LogP contribution is -2.35. The van der Waals surface area contributed by atoms with Crippen LogP contribution in [0.25, 0.3) is 0 Å². The molecular formula is C14H25N3O. The van der Waals surface area contributed by atoms with Gasteiger partial charge in [0.1, 0.15) is 12.4 Å². The molecule has 0 aliphatic carbocycles. The van der Waals surface area contributed by atoms with Crippen LogP contribution in [0.2, 0.25) is 0 Å². The summed E-state index contributed by atoms with van der Waals surface area (Å²) in [5.74, 6) is 0.871. The fraction of sp³-hybridized carbons (Fsp3) is 0.643. The molecule has 0 amide bonds. The molecule has 0 saturated heterocycles. The first kappa shape index (κ1) is 14.9. The van der Waals surface area contributed by atoms with Crippen LogP contribution in [-0.4, -0.2) is 42.7 Å². The van der Waals surface area contributed by atoms with Crippen molar-refractivity contribution in [1.82, 2.24) is 15.2 Å². The Morgan fingerprint density at radius 1 is 1.33 bits per heavy atom. The van der Waals surface area contributed by atoms with Crippen LogP contribution in [0.4, 0.5) is 0 Å². The van der Waals surface area contributed by atoms with Crippen LogP contribution < -0.4 is 10.1 Å². The highest BCUT2D eigenvalue weighted by atomic mass is 16.5. The highest BCUT2D eigenvalue weighted by Crippen LogP contribution is 2.17. The van der Waals surface area contributed by atoms with E-state index in [2.05, 4.69) is 36.0 Å². The van der Waals surface area contributed by atoms with Gasteiger partial charge in [0.15, 0.2) is 0 Å². The molecule has 102 valence electrons. The van der Waals surface area contributed by atoms with Gasteiger partial charge in [0.05, 0.1) is 6.20 Å². The number of likely N-dealkylation sites (N-methyl/N-ethyl adjacent to an activating group) is 1. The van der Waals surface area contributed by atoms with Crippen LogP contribution >= 0.6 is 0 Å². The van der Waals surface area contributed by atoms with E-state index in [4.69, 9.17) is 4.74 Å². The molecule has 1 N–H and O–H groups in total. The Hall–Kier alpha value is -1.13. The summed E-state index contributed by atoms with van der Waals surface area (Å²) in [5, 5.41) is 3.46. The number of rotatable bonds is 6. The molecule has 1 rings (SSSR count). The van der Waals surface area contributed by atoms with E-state index >= 15 is 0 Å². The number of nitrogens with zero attached hydrogens (tertiary/aromatic N) is 2. The lowest BCUT2D eigenvalue weighted by molar-refractivity contribution is 0.257. The average Bonchev–Trinajstić information content (AvgIpc) is 2.26. The Labute approximate surface area is 110 Å². The van der Waals surface area contributed by atoms with Crippen molar-refractivity contribution in [3.63, 3.8) is 0 Å². The number of aromatic nitrogens is 1. The zero-order chi connectivity index (χ0) is 13.6. The second-order valence-electron chi connectivity index (χ2n) is 5.74. The summed E-state index contributed by atoms with van der Waals surface area (Å²) in [6, 6.07) is 2.00. The molecule has 0 spiro atoms. The molecule has 0 unspecified atom stereocenters. The number of nitrogens with one attached hydrogen (secondary N) is 1. The van der Waals surface area contributed by atoms with Gasteiger partial charge in [0.25, 0.3) is 0 Å². The van der Waals surface area contributed by atoms with E-state index in [-0.39, 0.29) is 5.54 Å². The van der Waals surface area contributed by atoms with Gasteiger partial charge in [-0.05, 0) is 40.9 Å². The summed E-state index contributed by atoms with van der Waals surface area (Å²) in [5.41, 5.74) is 1.25. The van der Waals surface area contributed by atoms with Crippen molar-refractivity contribution < 1.29 is 4.74 Å². The zero-order valence-corrected chi connectivity index (χ0v) is 12.2. The monoisotopic (exact) mass is 251 g/mol. The van der Waals surface area contributed by atoms with Gasteiger partial charge in [-0.2, -0.15) is 0 Å². The molecule has 0 fully saturated rings. The molecule has 18 heavy (non-hydrogen) atoms. The number of pyridine rings is 1. The fourth-order valence-electron chi connectivity index (χ4n) is 1.38. The van der Waals surface area contributed by atoms with E-state index in [1.807, 2.05) is 20.2 Å². The zero-order valence-electron chi connectivity index (χ0n) is 12.2. The van der Waals surface area contributed by atoms with Crippen molar-refractivity contribution in [3.05, 3.63) is 24.0 Å². The Bertz CT molecular complexity index is 358. The topological polar surface area (TPSA) is 37.4 Å². The molecule has 0 bridgehead atoms. The van der Waals surface area contributed by atoms with Gasteiger partial charge in [-0.3, -0.25) is 4.98 Å². The normalized spacial score (nSPS) is 11.9. The molecule has 0 atom stereocenters. The minimum absolute atomic E-state index is 0.101. The summed E-state index contributed by atoms with van der Waals surface area (Å²) in [4.78, 5) is 6.22. The van der Waals surface area contributed by atoms with Gasteiger partial charge in [-0.1, -0.05) is 0 Å². The molecule has 0 aromatic carbocycles. The van der Waals surface area contributed by atoms with Crippen molar-refractivity contribution in [1.29, 1.82) is 0 Å². The average molecular weight is 251 g/mol. The predicted molar refractivity (Wildman–Crippen MR) is 74.9 cm³/mol. The number of hydrogen-bond donors (Lipinski definition) is 1. The summed E-state index contributed by atoms with van der Waals surface area (Å²) in [6.07, 6.45) is 3.59. The Morgan fingerprint density at radius 3 is 2.67 bits per heavy atom. The molecule has 1 heterocycles. The second kappa shape index (κ2) is 6.71. The maximum absolute atomic E-state index is 5.77. The predicted octanol–water partition coefficient (Wildman–Crippen LogP) is 1.91. The van der Waals surface area contributed by atoms with Crippen LogP contribution in [-0.2, 0) is 6.54 Å². The van der Waals surface area contributed by atoms with Crippen molar-refractivity contribution >= 4 is 0 Å². The number of hydrogen-bond acceptors (Lipinski definition) is 4. The van der Waals surface area contributed by atoms with Crippen LogP contribution in [0, 0.1) is 0 Å². The number of ether oxygens (including phenoxy) is 1. The second-order valence-corrected chi connectivity index (χ2v) is 5.74. The minimum Gasteiger partial charge on any atom is -0.490 e. The van der Waals surface area contributed by atoms with Gasteiger partial charge in [0.2, 0.25) is 0 Å². The van der Waals surface area contributed by atoms with Crippen molar-refractivity contribution in [2.45, 2.75) is 32.9 Å². The molecular weight excluding hydrogens is 226 g/mol. The van der Waals surface area contributed by atoms with Gasteiger partial charge in [-0.25, -0.2) is 0 Å². The third-order valence-corrected chi connectivity index (χ3v) is 2.48. The molecule has 4 heteroatoms. The van der Waals surface area contributed by atoms with E-state index in [1.54, 1.807) is 12.4 Å². The van der Waals surface area contributed by atoms with Crippen LogP contribution in [0.3, 0.4) is 0 Å². The maximum Gasteiger partial charge on any atom is 0.142 e. The molecule has 0 radical (unpaired) electrons. The highest BCUT2D eigenvalue weighted by Gasteiger charge is 2.10. The first-order chi connectivity index (χ1) is 8.38. The molecule has 1 aromatic rings. The fourth-order valence-corrected chi connectivity index (χ4v) is 1.38. The van der Waals surface area contributed by atoms with E-state index in [9.17, 15) is 0 Å². The molecule has 0 saturated carbocycles. The van der Waals surface area contributed by atoms with Gasteiger partial charge in [0, 0.05) is 30.4 Å². The lowest BCUT2D eigenvalue weighted by atomic mass is 10.1.